The Morgan fingerprint density at radius 1 is 1.05 bits per heavy atom. The van der Waals surface area contributed by atoms with Crippen LogP contribution in [0.25, 0.3) is 0 Å². The summed E-state index contributed by atoms with van der Waals surface area (Å²) in [6.45, 7) is 8.34. The molecule has 1 aromatic carbocycles. The van der Waals surface area contributed by atoms with Crippen LogP contribution >= 0.6 is 0 Å². The van der Waals surface area contributed by atoms with Gasteiger partial charge in [0.1, 0.15) is 0 Å². The molecule has 0 bridgehead atoms. The van der Waals surface area contributed by atoms with Crippen molar-refractivity contribution in [2.75, 3.05) is 0 Å². The predicted molar refractivity (Wildman–Crippen MR) is 80.0 cm³/mol. The van der Waals surface area contributed by atoms with E-state index >= 15 is 0 Å². The van der Waals surface area contributed by atoms with Gasteiger partial charge in [-0.05, 0) is 23.8 Å². The minimum absolute atomic E-state index is 0.0211. The standard InChI is InChI=1S/C16H24N2O/c1-12(2)10-15(14-8-6-5-7-9-14)17-18-16(19)11-13(3)4/h5-9,12-13H,10-11H2,1-4H3,(H,18,19)/b17-15+. The summed E-state index contributed by atoms with van der Waals surface area (Å²) < 4.78 is 0. The Bertz CT molecular complexity index is 422. The first-order chi connectivity index (χ1) is 8.99. The molecule has 0 saturated carbocycles. The zero-order valence-corrected chi connectivity index (χ0v) is 12.3. The molecule has 0 unspecified atom stereocenters. The lowest BCUT2D eigenvalue weighted by Crippen LogP contribution is -2.22. The summed E-state index contributed by atoms with van der Waals surface area (Å²) in [5, 5.41) is 4.30. The Hall–Kier alpha value is -1.64. The molecule has 19 heavy (non-hydrogen) atoms. The van der Waals surface area contributed by atoms with Gasteiger partial charge in [0.2, 0.25) is 5.91 Å². The average Bonchev–Trinajstić information content (AvgIpc) is 2.34. The summed E-state index contributed by atoms with van der Waals surface area (Å²) in [5.74, 6) is 0.827. The minimum Gasteiger partial charge on any atom is -0.273 e. The van der Waals surface area contributed by atoms with E-state index in [9.17, 15) is 4.79 Å². The van der Waals surface area contributed by atoms with E-state index in [1.54, 1.807) is 0 Å². The number of nitrogens with one attached hydrogen (secondary N) is 1. The molecule has 0 aliphatic rings. The van der Waals surface area contributed by atoms with Crippen molar-refractivity contribution in [2.24, 2.45) is 16.9 Å². The third-order valence-corrected chi connectivity index (χ3v) is 2.62. The average molecular weight is 260 g/mol. The number of carbonyl (C=O) groups excluding carboxylic acids is 1. The van der Waals surface area contributed by atoms with Crippen LogP contribution in [0.4, 0.5) is 0 Å². The maximum Gasteiger partial charge on any atom is 0.240 e. The predicted octanol–water partition coefficient (Wildman–Crippen LogP) is 3.60. The number of hydrazone groups is 1. The Morgan fingerprint density at radius 3 is 2.16 bits per heavy atom. The summed E-state index contributed by atoms with van der Waals surface area (Å²) in [6.07, 6.45) is 1.36. The molecule has 0 fully saturated rings. The van der Waals surface area contributed by atoms with Crippen LogP contribution < -0.4 is 5.43 Å². The Labute approximate surface area is 116 Å². The molecule has 1 rings (SSSR count). The second-order valence-electron chi connectivity index (χ2n) is 5.66. The topological polar surface area (TPSA) is 41.5 Å². The highest BCUT2D eigenvalue weighted by molar-refractivity contribution is 6.01. The zero-order chi connectivity index (χ0) is 14.3. The molecule has 1 amide bonds. The summed E-state index contributed by atoms with van der Waals surface area (Å²) in [6, 6.07) is 10.0. The van der Waals surface area contributed by atoms with E-state index in [-0.39, 0.29) is 5.91 Å². The molecule has 1 N–H and O–H groups in total. The largest absolute Gasteiger partial charge is 0.273 e. The number of carbonyl (C=O) groups is 1. The van der Waals surface area contributed by atoms with E-state index < -0.39 is 0 Å². The molecule has 0 saturated heterocycles. The van der Waals surface area contributed by atoms with Crippen LogP contribution in [0, 0.1) is 11.8 Å². The molecule has 0 heterocycles. The summed E-state index contributed by atoms with van der Waals surface area (Å²) in [5.41, 5.74) is 4.68. The lowest BCUT2D eigenvalue weighted by Gasteiger charge is -2.10. The minimum atomic E-state index is -0.0211. The van der Waals surface area contributed by atoms with Gasteiger partial charge in [-0.25, -0.2) is 5.43 Å². The van der Waals surface area contributed by atoms with Crippen LogP contribution in [-0.2, 0) is 4.79 Å². The van der Waals surface area contributed by atoms with Crippen LogP contribution in [-0.4, -0.2) is 11.6 Å². The molecular weight excluding hydrogens is 236 g/mol. The second kappa shape index (κ2) is 7.72. The molecule has 0 atom stereocenters. The highest BCUT2D eigenvalue weighted by atomic mass is 16.2. The smallest absolute Gasteiger partial charge is 0.240 e. The van der Waals surface area contributed by atoms with E-state index in [1.165, 1.54) is 0 Å². The lowest BCUT2D eigenvalue weighted by molar-refractivity contribution is -0.121. The van der Waals surface area contributed by atoms with Crippen LogP contribution in [0.5, 0.6) is 0 Å². The summed E-state index contributed by atoms with van der Waals surface area (Å²) >= 11 is 0. The maximum atomic E-state index is 11.7. The Kier molecular flexibility index (Phi) is 6.26. The third kappa shape index (κ3) is 6.18. The fourth-order valence-corrected chi connectivity index (χ4v) is 1.79. The fraction of sp³-hybridized carbons (Fsp3) is 0.500. The third-order valence-electron chi connectivity index (χ3n) is 2.62. The van der Waals surface area contributed by atoms with Gasteiger partial charge in [0.05, 0.1) is 5.71 Å². The van der Waals surface area contributed by atoms with E-state index in [0.717, 1.165) is 17.7 Å². The van der Waals surface area contributed by atoms with Gasteiger partial charge in [-0.2, -0.15) is 5.10 Å². The van der Waals surface area contributed by atoms with Gasteiger partial charge in [0.25, 0.3) is 0 Å². The summed E-state index contributed by atoms with van der Waals surface area (Å²) in [4.78, 5) is 11.7. The maximum absolute atomic E-state index is 11.7. The van der Waals surface area contributed by atoms with Gasteiger partial charge in [0, 0.05) is 6.42 Å². The fourth-order valence-electron chi connectivity index (χ4n) is 1.79. The van der Waals surface area contributed by atoms with E-state index in [1.807, 2.05) is 44.2 Å². The second-order valence-corrected chi connectivity index (χ2v) is 5.66. The van der Waals surface area contributed by atoms with Crippen LogP contribution in [0.3, 0.4) is 0 Å². The molecule has 0 aliphatic carbocycles. The molecular formula is C16H24N2O. The number of benzene rings is 1. The first-order valence-electron chi connectivity index (χ1n) is 6.90. The summed E-state index contributed by atoms with van der Waals surface area (Å²) in [7, 11) is 0. The van der Waals surface area contributed by atoms with Crippen molar-refractivity contribution in [2.45, 2.75) is 40.5 Å². The Morgan fingerprint density at radius 2 is 1.63 bits per heavy atom. The number of nitrogens with zero attached hydrogens (tertiary/aromatic N) is 1. The van der Waals surface area contributed by atoms with Crippen molar-refractivity contribution in [3.05, 3.63) is 35.9 Å². The number of rotatable bonds is 6. The highest BCUT2D eigenvalue weighted by Gasteiger charge is 2.08. The van der Waals surface area contributed by atoms with Gasteiger partial charge in [0.15, 0.2) is 0 Å². The first-order valence-corrected chi connectivity index (χ1v) is 6.90. The first kappa shape index (κ1) is 15.4. The number of hydrogen-bond acceptors (Lipinski definition) is 2. The molecule has 0 aromatic heterocycles. The van der Waals surface area contributed by atoms with Crippen LogP contribution in [0.15, 0.2) is 35.4 Å². The molecule has 3 heteroatoms. The van der Waals surface area contributed by atoms with Gasteiger partial charge >= 0.3 is 0 Å². The van der Waals surface area contributed by atoms with Crippen molar-refractivity contribution in [1.29, 1.82) is 0 Å². The number of hydrogen-bond donors (Lipinski definition) is 1. The van der Waals surface area contributed by atoms with Gasteiger partial charge < -0.3 is 0 Å². The van der Waals surface area contributed by atoms with Gasteiger partial charge in [-0.1, -0.05) is 58.0 Å². The van der Waals surface area contributed by atoms with E-state index in [4.69, 9.17) is 0 Å². The quantitative estimate of drug-likeness (QED) is 0.616. The molecule has 104 valence electrons. The highest BCUT2D eigenvalue weighted by Crippen LogP contribution is 2.10. The van der Waals surface area contributed by atoms with E-state index in [0.29, 0.717) is 18.3 Å². The lowest BCUT2D eigenvalue weighted by atomic mass is 10.0. The van der Waals surface area contributed by atoms with Crippen molar-refractivity contribution in [3.63, 3.8) is 0 Å². The molecule has 0 aliphatic heterocycles. The van der Waals surface area contributed by atoms with Crippen molar-refractivity contribution in [1.82, 2.24) is 5.43 Å². The van der Waals surface area contributed by atoms with Crippen molar-refractivity contribution in [3.8, 4) is 0 Å². The van der Waals surface area contributed by atoms with Gasteiger partial charge in [-0.3, -0.25) is 4.79 Å². The SMILES string of the molecule is CC(C)CC(=O)N/N=C(\CC(C)C)c1ccccc1. The molecule has 0 radical (unpaired) electrons. The van der Waals surface area contributed by atoms with Crippen LogP contribution in [0.2, 0.25) is 0 Å². The monoisotopic (exact) mass is 260 g/mol. The van der Waals surface area contributed by atoms with Gasteiger partial charge in [-0.15, -0.1) is 0 Å². The number of amides is 1. The van der Waals surface area contributed by atoms with Crippen molar-refractivity contribution < 1.29 is 4.79 Å². The van der Waals surface area contributed by atoms with Crippen LogP contribution in [0.1, 0.15) is 46.1 Å². The Balaban J connectivity index is 2.77. The zero-order valence-electron chi connectivity index (χ0n) is 12.3. The molecule has 0 spiro atoms. The molecule has 1 aromatic rings. The molecule has 3 nitrogen and oxygen atoms in total. The van der Waals surface area contributed by atoms with E-state index in [2.05, 4.69) is 24.4 Å². The normalized spacial score (nSPS) is 12.0. The van der Waals surface area contributed by atoms with Crippen molar-refractivity contribution >= 4 is 11.6 Å².